The molecule has 4 rings (SSSR count). The molecular formula is C22H19FN2OS. The van der Waals surface area contributed by atoms with E-state index in [1.54, 1.807) is 17.0 Å². The van der Waals surface area contributed by atoms with Gasteiger partial charge < -0.3 is 0 Å². The summed E-state index contributed by atoms with van der Waals surface area (Å²) in [7, 11) is 0. The predicted molar refractivity (Wildman–Crippen MR) is 108 cm³/mol. The third-order valence-electron chi connectivity index (χ3n) is 4.61. The Balaban J connectivity index is 1.58. The van der Waals surface area contributed by atoms with Gasteiger partial charge in [0.1, 0.15) is 5.82 Å². The van der Waals surface area contributed by atoms with Gasteiger partial charge in [0, 0.05) is 5.75 Å². The second kappa shape index (κ2) is 7.92. The molecule has 27 heavy (non-hydrogen) atoms. The van der Waals surface area contributed by atoms with Gasteiger partial charge >= 0.3 is 0 Å². The number of aliphatic imine (C=N–C) groups is 1. The SMILES string of the molecule is O=C1C2C=CC=CC2N=C(SCc2ccc(F)cc2)N1Cc1ccccc1. The maximum Gasteiger partial charge on any atom is 0.238 e. The van der Waals surface area contributed by atoms with Gasteiger partial charge in [-0.15, -0.1) is 0 Å². The Labute approximate surface area is 162 Å². The number of amidine groups is 1. The van der Waals surface area contributed by atoms with Crippen LogP contribution in [0, 0.1) is 11.7 Å². The minimum Gasteiger partial charge on any atom is -0.286 e. The molecule has 2 aromatic carbocycles. The van der Waals surface area contributed by atoms with E-state index in [1.165, 1.54) is 23.9 Å². The molecule has 0 saturated carbocycles. The summed E-state index contributed by atoms with van der Waals surface area (Å²) in [5, 5.41) is 0.717. The van der Waals surface area contributed by atoms with Crippen molar-refractivity contribution >= 4 is 22.8 Å². The Bertz CT molecular complexity index is 906. The lowest BCUT2D eigenvalue weighted by molar-refractivity contribution is -0.131. The van der Waals surface area contributed by atoms with E-state index in [4.69, 9.17) is 4.99 Å². The first-order valence-electron chi connectivity index (χ1n) is 8.86. The topological polar surface area (TPSA) is 32.7 Å². The first kappa shape index (κ1) is 17.7. The van der Waals surface area contributed by atoms with Crippen molar-refractivity contribution in [3.8, 4) is 0 Å². The van der Waals surface area contributed by atoms with Crippen LogP contribution in [0.2, 0.25) is 0 Å². The fourth-order valence-corrected chi connectivity index (χ4v) is 4.17. The fraction of sp³-hybridized carbons (Fsp3) is 0.182. The molecule has 0 fully saturated rings. The van der Waals surface area contributed by atoms with Crippen molar-refractivity contribution in [2.75, 3.05) is 0 Å². The van der Waals surface area contributed by atoms with Gasteiger partial charge in [-0.25, -0.2) is 4.39 Å². The number of fused-ring (bicyclic) bond motifs is 1. The summed E-state index contributed by atoms with van der Waals surface area (Å²) in [6, 6.07) is 16.2. The third-order valence-corrected chi connectivity index (χ3v) is 5.67. The Morgan fingerprint density at radius 1 is 0.963 bits per heavy atom. The summed E-state index contributed by atoms with van der Waals surface area (Å²) in [4.78, 5) is 19.7. The molecule has 1 aliphatic heterocycles. The highest BCUT2D eigenvalue weighted by Crippen LogP contribution is 2.30. The number of thioether (sulfide) groups is 1. The number of nitrogens with zero attached hydrogens (tertiary/aromatic N) is 2. The zero-order valence-electron chi connectivity index (χ0n) is 14.7. The van der Waals surface area contributed by atoms with Crippen LogP contribution >= 0.6 is 11.8 Å². The zero-order chi connectivity index (χ0) is 18.6. The molecule has 0 saturated heterocycles. The van der Waals surface area contributed by atoms with E-state index >= 15 is 0 Å². The van der Waals surface area contributed by atoms with Crippen LogP contribution in [0.5, 0.6) is 0 Å². The van der Waals surface area contributed by atoms with E-state index in [9.17, 15) is 9.18 Å². The van der Waals surface area contributed by atoms with Crippen molar-refractivity contribution in [3.63, 3.8) is 0 Å². The molecule has 2 atom stereocenters. The van der Waals surface area contributed by atoms with Gasteiger partial charge in [-0.05, 0) is 23.3 Å². The first-order chi connectivity index (χ1) is 13.2. The lowest BCUT2D eigenvalue weighted by atomic mass is 9.93. The van der Waals surface area contributed by atoms with Crippen LogP contribution in [0.15, 0.2) is 83.9 Å². The number of rotatable bonds is 4. The fourth-order valence-electron chi connectivity index (χ4n) is 3.17. The zero-order valence-corrected chi connectivity index (χ0v) is 15.5. The van der Waals surface area contributed by atoms with Crippen molar-refractivity contribution in [1.29, 1.82) is 0 Å². The van der Waals surface area contributed by atoms with E-state index in [2.05, 4.69) is 0 Å². The Morgan fingerprint density at radius 2 is 1.70 bits per heavy atom. The Morgan fingerprint density at radius 3 is 2.48 bits per heavy atom. The molecule has 0 aromatic heterocycles. The third kappa shape index (κ3) is 4.03. The molecule has 1 aliphatic carbocycles. The molecule has 0 bridgehead atoms. The van der Waals surface area contributed by atoms with E-state index in [1.807, 2.05) is 54.6 Å². The summed E-state index contributed by atoms with van der Waals surface area (Å²) in [6.45, 7) is 0.496. The van der Waals surface area contributed by atoms with Crippen LogP contribution in [-0.4, -0.2) is 22.0 Å². The predicted octanol–water partition coefficient (Wildman–Crippen LogP) is 4.57. The van der Waals surface area contributed by atoms with E-state index < -0.39 is 0 Å². The summed E-state index contributed by atoms with van der Waals surface area (Å²) in [5.41, 5.74) is 2.06. The lowest BCUT2D eigenvalue weighted by Crippen LogP contribution is -2.46. The number of allylic oxidation sites excluding steroid dienone is 2. The summed E-state index contributed by atoms with van der Waals surface area (Å²) >= 11 is 1.52. The molecule has 0 spiro atoms. The molecule has 2 aliphatic rings. The quantitative estimate of drug-likeness (QED) is 0.781. The highest BCUT2D eigenvalue weighted by Gasteiger charge is 2.36. The van der Waals surface area contributed by atoms with Crippen LogP contribution in [0.3, 0.4) is 0 Å². The molecule has 1 amide bonds. The number of carbonyl (C=O) groups is 1. The molecule has 1 heterocycles. The number of benzene rings is 2. The standard InChI is InChI=1S/C22H19FN2OS/c23-18-12-10-17(11-13-18)15-27-22-24-20-9-5-4-8-19(20)21(26)25(22)14-16-6-2-1-3-7-16/h1-13,19-20H,14-15H2. The molecule has 2 aromatic rings. The van der Waals surface area contributed by atoms with Crippen molar-refractivity contribution in [2.24, 2.45) is 10.9 Å². The van der Waals surface area contributed by atoms with Gasteiger partial charge in [0.15, 0.2) is 5.17 Å². The largest absolute Gasteiger partial charge is 0.286 e. The number of hydrogen-bond acceptors (Lipinski definition) is 3. The Kier molecular flexibility index (Phi) is 5.21. The average Bonchev–Trinajstić information content (AvgIpc) is 2.71. The highest BCUT2D eigenvalue weighted by atomic mass is 32.2. The molecule has 0 N–H and O–H groups in total. The van der Waals surface area contributed by atoms with Gasteiger partial charge in [0.2, 0.25) is 5.91 Å². The van der Waals surface area contributed by atoms with Gasteiger partial charge in [-0.2, -0.15) is 0 Å². The van der Waals surface area contributed by atoms with E-state index in [0.717, 1.165) is 16.3 Å². The molecule has 5 heteroatoms. The van der Waals surface area contributed by atoms with E-state index in [-0.39, 0.29) is 23.7 Å². The van der Waals surface area contributed by atoms with Gasteiger partial charge in [-0.3, -0.25) is 14.7 Å². The van der Waals surface area contributed by atoms with Crippen LogP contribution < -0.4 is 0 Å². The molecule has 3 nitrogen and oxygen atoms in total. The number of amides is 1. The number of hydrogen-bond donors (Lipinski definition) is 0. The van der Waals surface area contributed by atoms with Crippen molar-refractivity contribution in [3.05, 3.63) is 95.8 Å². The lowest BCUT2D eigenvalue weighted by Gasteiger charge is -2.34. The average molecular weight is 378 g/mol. The summed E-state index contributed by atoms with van der Waals surface area (Å²) in [6.07, 6.45) is 7.75. The molecular weight excluding hydrogens is 359 g/mol. The highest BCUT2D eigenvalue weighted by molar-refractivity contribution is 8.13. The molecule has 0 radical (unpaired) electrons. The van der Waals surface area contributed by atoms with Crippen LogP contribution in [0.4, 0.5) is 4.39 Å². The summed E-state index contributed by atoms with van der Waals surface area (Å²) in [5.74, 6) is 0.214. The van der Waals surface area contributed by atoms with Gasteiger partial charge in [0.05, 0.1) is 18.5 Å². The van der Waals surface area contributed by atoms with Crippen molar-refractivity contribution in [2.45, 2.75) is 18.3 Å². The van der Waals surface area contributed by atoms with Gasteiger partial charge in [0.25, 0.3) is 0 Å². The monoisotopic (exact) mass is 378 g/mol. The summed E-state index contributed by atoms with van der Waals surface area (Å²) < 4.78 is 13.1. The normalized spacial score (nSPS) is 21.1. The smallest absolute Gasteiger partial charge is 0.238 e. The minimum absolute atomic E-state index is 0.0704. The maximum atomic E-state index is 13.1. The van der Waals surface area contributed by atoms with Crippen molar-refractivity contribution < 1.29 is 9.18 Å². The second-order valence-electron chi connectivity index (χ2n) is 6.52. The van der Waals surface area contributed by atoms with Crippen LogP contribution in [0.1, 0.15) is 11.1 Å². The van der Waals surface area contributed by atoms with Crippen molar-refractivity contribution in [1.82, 2.24) is 4.90 Å². The number of carbonyl (C=O) groups excluding carboxylic acids is 1. The van der Waals surface area contributed by atoms with Crippen LogP contribution in [0.25, 0.3) is 0 Å². The number of halogens is 1. The minimum atomic E-state index is -0.249. The van der Waals surface area contributed by atoms with Crippen LogP contribution in [-0.2, 0) is 17.1 Å². The maximum absolute atomic E-state index is 13.1. The molecule has 136 valence electrons. The molecule has 2 unspecified atom stereocenters. The first-order valence-corrected chi connectivity index (χ1v) is 9.84. The Hall–Kier alpha value is -2.66. The second-order valence-corrected chi connectivity index (χ2v) is 7.47. The van der Waals surface area contributed by atoms with Gasteiger partial charge in [-0.1, -0.05) is 78.5 Å². The van der Waals surface area contributed by atoms with E-state index in [0.29, 0.717) is 12.3 Å².